The van der Waals surface area contributed by atoms with Crippen LogP contribution in [0.3, 0.4) is 0 Å². The molecule has 15 heteroatoms. The second-order valence-corrected chi connectivity index (χ2v) is 10.1. The van der Waals surface area contributed by atoms with Gasteiger partial charge in [-0.1, -0.05) is 27.2 Å². The highest BCUT2D eigenvalue weighted by atomic mass is 32.3. The molecule has 31 heavy (non-hydrogen) atoms. The molecule has 0 amide bonds. The molecule has 190 valence electrons. The molecule has 0 rings (SSSR count). The van der Waals surface area contributed by atoms with Crippen LogP contribution in [0, 0.1) is 0 Å². The number of rotatable bonds is 12. The maximum atomic E-state index is 11.4. The summed E-state index contributed by atoms with van der Waals surface area (Å²) in [6.45, 7) is 20.4. The summed E-state index contributed by atoms with van der Waals surface area (Å²) in [4.78, 5) is 2.55. The molecule has 0 fully saturated rings. The highest BCUT2D eigenvalue weighted by Gasteiger charge is 2.46. The average molecular weight is 510 g/mol. The Bertz CT molecular complexity index is 660. The van der Waals surface area contributed by atoms with Crippen LogP contribution in [0.4, 0.5) is 26.3 Å². The normalized spacial score (nSPS) is 13.8. The molecule has 0 saturated carbocycles. The molecule has 0 heterocycles. The van der Waals surface area contributed by atoms with Gasteiger partial charge in [0.15, 0.2) is 20.0 Å². The first-order valence-electron chi connectivity index (χ1n) is 9.82. The van der Waals surface area contributed by atoms with Gasteiger partial charge in [0, 0.05) is 6.54 Å². The molecule has 0 aliphatic rings. The molecule has 0 aromatic carbocycles. The first kappa shape index (κ1) is 32.5. The van der Waals surface area contributed by atoms with Crippen LogP contribution in [-0.4, -0.2) is 83.0 Å². The molecule has 0 radical (unpaired) electrons. The van der Waals surface area contributed by atoms with Gasteiger partial charge in [0.25, 0.3) is 0 Å². The summed E-state index contributed by atoms with van der Waals surface area (Å²) in [5, 5.41) is 0. The van der Waals surface area contributed by atoms with E-state index in [2.05, 4.69) is 39.5 Å². The van der Waals surface area contributed by atoms with Crippen molar-refractivity contribution in [1.82, 2.24) is 4.90 Å². The van der Waals surface area contributed by atoms with E-state index in [4.69, 9.17) is 0 Å². The van der Waals surface area contributed by atoms with Gasteiger partial charge in [-0.15, -0.1) is 0 Å². The van der Waals surface area contributed by atoms with Gasteiger partial charge < -0.3 is 8.61 Å². The van der Waals surface area contributed by atoms with Gasteiger partial charge in [0.2, 0.25) is 0 Å². The molecule has 7 nitrogen and oxygen atoms in total. The number of nitrogens with zero attached hydrogens (tertiary/aromatic N) is 3. The van der Waals surface area contributed by atoms with Gasteiger partial charge in [0.05, 0.1) is 26.2 Å². The van der Waals surface area contributed by atoms with E-state index < -0.39 is 31.1 Å². The lowest BCUT2D eigenvalue weighted by Gasteiger charge is -2.38. The zero-order valence-electron chi connectivity index (χ0n) is 18.4. The molecule has 0 aliphatic carbocycles. The largest absolute Gasteiger partial charge is 0.480 e. The van der Waals surface area contributed by atoms with E-state index in [9.17, 15) is 43.2 Å². The topological polar surface area (TPSA) is 85.6 Å². The number of halogens is 6. The van der Waals surface area contributed by atoms with Crippen LogP contribution in [0.5, 0.6) is 0 Å². The van der Waals surface area contributed by atoms with E-state index in [1.807, 2.05) is 0 Å². The predicted molar refractivity (Wildman–Crippen MR) is 107 cm³/mol. The number of quaternary nitrogens is 1. The van der Waals surface area contributed by atoms with E-state index in [0.717, 1.165) is 4.13 Å². The Labute approximate surface area is 181 Å². The Morgan fingerprint density at radius 1 is 0.742 bits per heavy atom. The molecular weight excluding hydrogens is 476 g/mol. The number of hydrogen-bond acceptors (Lipinski definition) is 5. The molecule has 0 aromatic heterocycles. The Balaban J connectivity index is 0. The third kappa shape index (κ3) is 11.2. The standard InChI is InChI=1S/C14H33N2.C2F6NO4S2/c1-6-11-13-16(9-4,10-5)14-12-15(7-2)8-3;3-1(4,5)14(10,11)9-15(12,13)2(6,7)8/h6-14H2,1-5H3;/q+1;-1. The minimum absolute atomic E-state index is 0.778. The summed E-state index contributed by atoms with van der Waals surface area (Å²) in [6.07, 6.45) is 2.70. The van der Waals surface area contributed by atoms with E-state index >= 15 is 0 Å². The van der Waals surface area contributed by atoms with Crippen LogP contribution in [0.15, 0.2) is 0 Å². The van der Waals surface area contributed by atoms with E-state index in [0.29, 0.717) is 0 Å². The quantitative estimate of drug-likeness (QED) is 0.293. The molecule has 0 aliphatic heterocycles. The number of alkyl halides is 6. The Morgan fingerprint density at radius 2 is 1.13 bits per heavy atom. The second kappa shape index (κ2) is 13.2. The van der Waals surface area contributed by atoms with Gasteiger partial charge in [-0.2, -0.15) is 26.3 Å². The van der Waals surface area contributed by atoms with Crippen molar-refractivity contribution in [3.63, 3.8) is 0 Å². The van der Waals surface area contributed by atoms with Crippen molar-refractivity contribution in [3.8, 4) is 0 Å². The smallest absolute Gasteiger partial charge is 0.421 e. The SMILES string of the molecule is CCCC[N+](CC)(CC)CCN(CC)CC.O=S(=O)([N-]S(=O)(=O)C(F)(F)F)C(F)(F)F. The molecule has 0 atom stereocenters. The second-order valence-electron chi connectivity index (χ2n) is 6.72. The minimum atomic E-state index is -6.72. The van der Waals surface area contributed by atoms with Crippen LogP contribution in [0.25, 0.3) is 4.13 Å². The third-order valence-electron chi connectivity index (χ3n) is 4.89. The Morgan fingerprint density at radius 3 is 1.39 bits per heavy atom. The van der Waals surface area contributed by atoms with Crippen LogP contribution >= 0.6 is 0 Å². The molecule has 0 unspecified atom stereocenters. The first-order chi connectivity index (χ1) is 13.9. The lowest BCUT2D eigenvalue weighted by Crippen LogP contribution is -2.52. The fraction of sp³-hybridized carbons (Fsp3) is 1.00. The van der Waals surface area contributed by atoms with E-state index in [1.54, 1.807) is 0 Å². The minimum Gasteiger partial charge on any atom is -0.421 e. The summed E-state index contributed by atoms with van der Waals surface area (Å²) in [6, 6.07) is 0. The van der Waals surface area contributed by atoms with Crippen molar-refractivity contribution < 1.29 is 47.7 Å². The summed E-state index contributed by atoms with van der Waals surface area (Å²) in [5.41, 5.74) is -12.4. The van der Waals surface area contributed by atoms with Gasteiger partial charge >= 0.3 is 11.0 Å². The average Bonchev–Trinajstić information content (AvgIpc) is 2.63. The van der Waals surface area contributed by atoms with Gasteiger partial charge in [-0.05, 0) is 33.4 Å². The zero-order chi connectivity index (χ0) is 25.1. The fourth-order valence-corrected chi connectivity index (χ4v) is 4.28. The van der Waals surface area contributed by atoms with E-state index in [-0.39, 0.29) is 0 Å². The molecular formula is C16H33F6N3O4S2. The summed E-state index contributed by atoms with van der Waals surface area (Å²) in [5.74, 6) is 0. The molecule has 0 bridgehead atoms. The first-order valence-corrected chi connectivity index (χ1v) is 12.7. The van der Waals surface area contributed by atoms with Crippen molar-refractivity contribution >= 4 is 20.0 Å². The molecule has 0 N–H and O–H groups in total. The van der Waals surface area contributed by atoms with Crippen LogP contribution in [0.2, 0.25) is 0 Å². The lowest BCUT2D eigenvalue weighted by atomic mass is 10.2. The van der Waals surface area contributed by atoms with Crippen molar-refractivity contribution in [2.45, 2.75) is 58.5 Å². The van der Waals surface area contributed by atoms with Crippen LogP contribution < -0.4 is 0 Å². The van der Waals surface area contributed by atoms with Gasteiger partial charge in [-0.25, -0.2) is 16.8 Å². The highest BCUT2D eigenvalue weighted by Crippen LogP contribution is 2.36. The summed E-state index contributed by atoms with van der Waals surface area (Å²) in [7, 11) is -13.4. The molecule has 0 saturated heterocycles. The maximum absolute atomic E-state index is 11.4. The van der Waals surface area contributed by atoms with Crippen molar-refractivity contribution in [1.29, 1.82) is 0 Å². The van der Waals surface area contributed by atoms with Gasteiger partial charge in [0.1, 0.15) is 0 Å². The van der Waals surface area contributed by atoms with Crippen LogP contribution in [-0.2, 0) is 20.0 Å². The lowest BCUT2D eigenvalue weighted by molar-refractivity contribution is -0.924. The van der Waals surface area contributed by atoms with Crippen molar-refractivity contribution in [3.05, 3.63) is 4.13 Å². The van der Waals surface area contributed by atoms with Crippen LogP contribution in [0.1, 0.15) is 47.5 Å². The molecule has 0 aromatic rings. The van der Waals surface area contributed by atoms with Crippen molar-refractivity contribution in [2.24, 2.45) is 0 Å². The number of hydrogen-bond donors (Lipinski definition) is 0. The monoisotopic (exact) mass is 509 g/mol. The zero-order valence-corrected chi connectivity index (χ0v) is 20.1. The third-order valence-corrected chi connectivity index (χ3v) is 7.63. The van der Waals surface area contributed by atoms with Gasteiger partial charge in [-0.3, -0.25) is 4.90 Å². The highest BCUT2D eigenvalue weighted by molar-refractivity contribution is 8.13. The summed E-state index contributed by atoms with van der Waals surface area (Å²) < 4.78 is 110. The Kier molecular flexibility index (Phi) is 13.8. The predicted octanol–water partition coefficient (Wildman–Crippen LogP) is 4.04. The molecule has 0 spiro atoms. The number of unbranched alkanes of at least 4 members (excludes halogenated alkanes) is 1. The Hall–Kier alpha value is -0.640. The number of sulfonamides is 2. The van der Waals surface area contributed by atoms with Crippen molar-refractivity contribution in [2.75, 3.05) is 45.8 Å². The fourth-order valence-electron chi connectivity index (χ4n) is 2.57. The number of likely N-dealkylation sites (N-methyl/N-ethyl adjacent to an activating group) is 2. The maximum Gasteiger partial charge on any atom is 0.480 e. The van der Waals surface area contributed by atoms with E-state index in [1.165, 1.54) is 63.1 Å². The summed E-state index contributed by atoms with van der Waals surface area (Å²) >= 11 is 0.